The average molecular weight is 228 g/mol. The molecule has 1 heteroatoms. The van der Waals surface area contributed by atoms with Crippen molar-refractivity contribution in [1.82, 2.24) is 0 Å². The van der Waals surface area contributed by atoms with Gasteiger partial charge in [0.25, 0.3) is 0 Å². The molecule has 0 saturated carbocycles. The second kappa shape index (κ2) is 5.33. The van der Waals surface area contributed by atoms with Crippen LogP contribution in [0.25, 0.3) is 10.8 Å². The summed E-state index contributed by atoms with van der Waals surface area (Å²) in [6.07, 6.45) is 1.57. The quantitative estimate of drug-likeness (QED) is 0.844. The van der Waals surface area contributed by atoms with Crippen LogP contribution >= 0.6 is 0 Å². The van der Waals surface area contributed by atoms with Crippen molar-refractivity contribution in [3.05, 3.63) is 48.0 Å². The molecule has 0 aromatic heterocycles. The number of aliphatic hydroxyl groups is 1. The van der Waals surface area contributed by atoms with Crippen LogP contribution in [0.1, 0.15) is 25.8 Å². The number of hydrogen-bond donors (Lipinski definition) is 1. The highest BCUT2D eigenvalue weighted by Crippen LogP contribution is 2.22. The summed E-state index contributed by atoms with van der Waals surface area (Å²) in [6, 6.07) is 14.8. The third kappa shape index (κ3) is 2.67. The van der Waals surface area contributed by atoms with Gasteiger partial charge in [0.05, 0.1) is 6.10 Å². The van der Waals surface area contributed by atoms with Crippen LogP contribution in [0.2, 0.25) is 0 Å². The van der Waals surface area contributed by atoms with Crippen LogP contribution in [0, 0.1) is 5.92 Å². The molecule has 17 heavy (non-hydrogen) atoms. The van der Waals surface area contributed by atoms with E-state index in [0.717, 1.165) is 12.8 Å². The summed E-state index contributed by atoms with van der Waals surface area (Å²) in [5, 5.41) is 12.5. The minimum absolute atomic E-state index is 0.200. The topological polar surface area (TPSA) is 20.2 Å². The third-order valence-corrected chi connectivity index (χ3v) is 3.50. The molecule has 0 aliphatic rings. The molecular formula is C16H20O. The zero-order chi connectivity index (χ0) is 12.3. The van der Waals surface area contributed by atoms with Gasteiger partial charge in [-0.05, 0) is 35.1 Å². The Morgan fingerprint density at radius 1 is 1.06 bits per heavy atom. The maximum Gasteiger partial charge on any atom is 0.0566 e. The van der Waals surface area contributed by atoms with Crippen LogP contribution in [0.4, 0.5) is 0 Å². The second-order valence-electron chi connectivity index (χ2n) is 4.80. The molecule has 0 heterocycles. The normalized spacial score (nSPS) is 14.8. The second-order valence-corrected chi connectivity index (χ2v) is 4.80. The van der Waals surface area contributed by atoms with E-state index < -0.39 is 0 Å². The molecule has 90 valence electrons. The zero-order valence-electron chi connectivity index (χ0n) is 10.6. The molecule has 2 atom stereocenters. The molecule has 0 radical (unpaired) electrons. The van der Waals surface area contributed by atoms with Crippen molar-refractivity contribution in [3.8, 4) is 0 Å². The first kappa shape index (κ1) is 12.1. The van der Waals surface area contributed by atoms with Gasteiger partial charge in [-0.1, -0.05) is 56.3 Å². The maximum atomic E-state index is 9.86. The smallest absolute Gasteiger partial charge is 0.0566 e. The summed E-state index contributed by atoms with van der Waals surface area (Å²) in [6.45, 7) is 4.15. The van der Waals surface area contributed by atoms with E-state index in [9.17, 15) is 5.11 Å². The van der Waals surface area contributed by atoms with E-state index >= 15 is 0 Å². The Morgan fingerprint density at radius 2 is 1.76 bits per heavy atom. The SMILES string of the molecule is CCC(O)C(C)Cc1cccc2ccccc12. The summed E-state index contributed by atoms with van der Waals surface area (Å²) < 4.78 is 0. The Hall–Kier alpha value is -1.34. The monoisotopic (exact) mass is 228 g/mol. The summed E-state index contributed by atoms with van der Waals surface area (Å²) >= 11 is 0. The molecule has 1 N–H and O–H groups in total. The lowest BCUT2D eigenvalue weighted by atomic mass is 9.91. The summed E-state index contributed by atoms with van der Waals surface area (Å²) in [4.78, 5) is 0. The fraction of sp³-hybridized carbons (Fsp3) is 0.375. The van der Waals surface area contributed by atoms with E-state index in [0.29, 0.717) is 5.92 Å². The Bertz CT molecular complexity index is 484. The van der Waals surface area contributed by atoms with Crippen LogP contribution in [0.3, 0.4) is 0 Å². The Labute approximate surface area is 103 Å². The lowest BCUT2D eigenvalue weighted by Gasteiger charge is -2.18. The van der Waals surface area contributed by atoms with E-state index in [1.807, 2.05) is 6.92 Å². The van der Waals surface area contributed by atoms with Gasteiger partial charge in [0.1, 0.15) is 0 Å². The fourth-order valence-electron chi connectivity index (χ4n) is 2.36. The van der Waals surface area contributed by atoms with Crippen molar-refractivity contribution in [2.24, 2.45) is 5.92 Å². The lowest BCUT2D eigenvalue weighted by molar-refractivity contribution is 0.113. The molecule has 0 bridgehead atoms. The van der Waals surface area contributed by atoms with Crippen molar-refractivity contribution in [2.45, 2.75) is 32.8 Å². The first-order valence-electron chi connectivity index (χ1n) is 6.37. The van der Waals surface area contributed by atoms with E-state index in [2.05, 4.69) is 49.4 Å². The van der Waals surface area contributed by atoms with Gasteiger partial charge in [-0.2, -0.15) is 0 Å². The molecule has 0 saturated heterocycles. The van der Waals surface area contributed by atoms with Crippen LogP contribution in [-0.2, 0) is 6.42 Å². The van der Waals surface area contributed by atoms with Gasteiger partial charge in [0, 0.05) is 0 Å². The summed E-state index contributed by atoms with van der Waals surface area (Å²) in [5.41, 5.74) is 1.34. The lowest BCUT2D eigenvalue weighted by Crippen LogP contribution is -2.18. The molecular weight excluding hydrogens is 208 g/mol. The molecule has 0 amide bonds. The van der Waals surface area contributed by atoms with Crippen LogP contribution in [0.15, 0.2) is 42.5 Å². The molecule has 2 rings (SSSR count). The van der Waals surface area contributed by atoms with Gasteiger partial charge in [0.2, 0.25) is 0 Å². The van der Waals surface area contributed by atoms with Gasteiger partial charge < -0.3 is 5.11 Å². The van der Waals surface area contributed by atoms with Crippen molar-refractivity contribution in [1.29, 1.82) is 0 Å². The van der Waals surface area contributed by atoms with Gasteiger partial charge in [-0.15, -0.1) is 0 Å². The van der Waals surface area contributed by atoms with Crippen LogP contribution in [-0.4, -0.2) is 11.2 Å². The Morgan fingerprint density at radius 3 is 2.53 bits per heavy atom. The molecule has 2 unspecified atom stereocenters. The van der Waals surface area contributed by atoms with Crippen molar-refractivity contribution in [3.63, 3.8) is 0 Å². The van der Waals surface area contributed by atoms with Gasteiger partial charge in [-0.3, -0.25) is 0 Å². The van der Waals surface area contributed by atoms with E-state index in [1.165, 1.54) is 16.3 Å². The van der Waals surface area contributed by atoms with Crippen molar-refractivity contribution >= 4 is 10.8 Å². The van der Waals surface area contributed by atoms with Crippen molar-refractivity contribution < 1.29 is 5.11 Å². The third-order valence-electron chi connectivity index (χ3n) is 3.50. The van der Waals surface area contributed by atoms with E-state index in [4.69, 9.17) is 0 Å². The molecule has 0 fully saturated rings. The molecule has 0 aliphatic heterocycles. The number of benzene rings is 2. The van der Waals surface area contributed by atoms with E-state index in [1.54, 1.807) is 0 Å². The number of fused-ring (bicyclic) bond motifs is 1. The van der Waals surface area contributed by atoms with Crippen molar-refractivity contribution in [2.75, 3.05) is 0 Å². The largest absolute Gasteiger partial charge is 0.393 e. The number of aliphatic hydroxyl groups excluding tert-OH is 1. The number of rotatable bonds is 4. The van der Waals surface area contributed by atoms with Crippen LogP contribution < -0.4 is 0 Å². The zero-order valence-corrected chi connectivity index (χ0v) is 10.6. The highest BCUT2D eigenvalue weighted by molar-refractivity contribution is 5.85. The Balaban J connectivity index is 2.30. The average Bonchev–Trinajstić information content (AvgIpc) is 2.38. The molecule has 1 nitrogen and oxygen atoms in total. The fourth-order valence-corrected chi connectivity index (χ4v) is 2.36. The van der Waals surface area contributed by atoms with Gasteiger partial charge in [-0.25, -0.2) is 0 Å². The predicted octanol–water partition coefficient (Wildman–Crippen LogP) is 3.79. The minimum atomic E-state index is -0.200. The Kier molecular flexibility index (Phi) is 3.80. The predicted molar refractivity (Wildman–Crippen MR) is 73.1 cm³/mol. The van der Waals surface area contributed by atoms with E-state index in [-0.39, 0.29) is 6.10 Å². The first-order chi connectivity index (χ1) is 8.22. The van der Waals surface area contributed by atoms with Gasteiger partial charge in [0.15, 0.2) is 0 Å². The molecule has 0 aliphatic carbocycles. The molecule has 2 aromatic rings. The standard InChI is InChI=1S/C16H20O/c1-3-16(17)12(2)11-14-9-6-8-13-7-4-5-10-15(13)14/h4-10,12,16-17H,3,11H2,1-2H3. The minimum Gasteiger partial charge on any atom is -0.393 e. The molecule has 2 aromatic carbocycles. The molecule has 0 spiro atoms. The summed E-state index contributed by atoms with van der Waals surface area (Å²) in [5.74, 6) is 0.311. The highest BCUT2D eigenvalue weighted by Gasteiger charge is 2.13. The number of hydrogen-bond acceptors (Lipinski definition) is 1. The van der Waals surface area contributed by atoms with Gasteiger partial charge >= 0.3 is 0 Å². The highest BCUT2D eigenvalue weighted by atomic mass is 16.3. The first-order valence-corrected chi connectivity index (χ1v) is 6.37. The maximum absolute atomic E-state index is 9.86. The summed E-state index contributed by atoms with van der Waals surface area (Å²) in [7, 11) is 0. The van der Waals surface area contributed by atoms with Crippen LogP contribution in [0.5, 0.6) is 0 Å².